The maximum Gasteiger partial charge on any atom is 0.191 e. The van der Waals surface area contributed by atoms with Crippen LogP contribution in [0.4, 0.5) is 0 Å². The molecule has 0 spiro atoms. The number of aromatic nitrogens is 3. The van der Waals surface area contributed by atoms with Crippen LogP contribution in [0.3, 0.4) is 0 Å². The van der Waals surface area contributed by atoms with Crippen molar-refractivity contribution < 1.29 is 0 Å². The lowest BCUT2D eigenvalue weighted by atomic mass is 10.2. The molecule has 0 saturated heterocycles. The second kappa shape index (κ2) is 5.73. The monoisotopic (exact) mass is 346 g/mol. The van der Waals surface area contributed by atoms with E-state index in [0.29, 0.717) is 0 Å². The number of hydrogen-bond donors (Lipinski definition) is 1. The fourth-order valence-corrected chi connectivity index (χ4v) is 4.33. The number of halogens is 1. The summed E-state index contributed by atoms with van der Waals surface area (Å²) in [7, 11) is 1.97. The van der Waals surface area contributed by atoms with E-state index < -0.39 is 0 Å². The van der Waals surface area contributed by atoms with E-state index in [0.717, 1.165) is 14.8 Å². The Labute approximate surface area is 123 Å². The average molecular weight is 347 g/mol. The Morgan fingerprint density at radius 1 is 1.44 bits per heavy atom. The van der Waals surface area contributed by atoms with Crippen molar-refractivity contribution in [1.29, 1.82) is 0 Å². The van der Waals surface area contributed by atoms with Gasteiger partial charge < -0.3 is 10.3 Å². The van der Waals surface area contributed by atoms with E-state index in [1.807, 2.05) is 25.5 Å². The van der Waals surface area contributed by atoms with Crippen molar-refractivity contribution in [3.63, 3.8) is 0 Å². The zero-order valence-corrected chi connectivity index (χ0v) is 13.6. The van der Waals surface area contributed by atoms with Gasteiger partial charge in [-0.3, -0.25) is 0 Å². The lowest BCUT2D eigenvalue weighted by Gasteiger charge is -2.18. The molecular formula is C11H15BrN4S2. The Morgan fingerprint density at radius 3 is 2.61 bits per heavy atom. The summed E-state index contributed by atoms with van der Waals surface area (Å²) in [6, 6.07) is 4.22. The predicted molar refractivity (Wildman–Crippen MR) is 80.0 cm³/mol. The summed E-state index contributed by atoms with van der Waals surface area (Å²) in [4.78, 5) is 1.25. The molecule has 2 atom stereocenters. The minimum absolute atomic E-state index is 0.0533. The number of nitrogens with zero attached hydrogens (tertiary/aromatic N) is 3. The Hall–Kier alpha value is -0.370. The minimum Gasteiger partial charge on any atom is -0.327 e. The van der Waals surface area contributed by atoms with Gasteiger partial charge in [-0.15, -0.1) is 21.5 Å². The van der Waals surface area contributed by atoms with Crippen LogP contribution in [0.1, 0.15) is 22.9 Å². The summed E-state index contributed by atoms with van der Waals surface area (Å²) >= 11 is 6.87. The van der Waals surface area contributed by atoms with Crippen LogP contribution >= 0.6 is 39.0 Å². The fourth-order valence-electron chi connectivity index (χ4n) is 1.51. The van der Waals surface area contributed by atoms with E-state index >= 15 is 0 Å². The van der Waals surface area contributed by atoms with Crippen molar-refractivity contribution in [2.24, 2.45) is 12.8 Å². The van der Waals surface area contributed by atoms with Crippen LogP contribution in [0.5, 0.6) is 0 Å². The molecule has 0 aromatic carbocycles. The largest absolute Gasteiger partial charge is 0.327 e. The molecule has 2 aromatic rings. The van der Waals surface area contributed by atoms with Gasteiger partial charge in [-0.05, 0) is 41.9 Å². The van der Waals surface area contributed by atoms with Crippen LogP contribution in [-0.4, -0.2) is 20.8 Å². The standard InChI is InChI=1S/C11H15BrN4S2/c1-6(13)10(8-4-5-9(12)17-8)18-11-15-14-7(2)16(11)3/h4-6,10H,13H2,1-3H3. The highest BCUT2D eigenvalue weighted by Crippen LogP contribution is 2.40. The van der Waals surface area contributed by atoms with Gasteiger partial charge in [0.1, 0.15) is 5.82 Å². The molecular weight excluding hydrogens is 332 g/mol. The summed E-state index contributed by atoms with van der Waals surface area (Å²) in [5.41, 5.74) is 6.10. The molecule has 0 aliphatic rings. The van der Waals surface area contributed by atoms with Crippen molar-refractivity contribution in [2.75, 3.05) is 0 Å². The summed E-state index contributed by atoms with van der Waals surface area (Å²) in [6.07, 6.45) is 0. The average Bonchev–Trinajstić information content (AvgIpc) is 2.85. The van der Waals surface area contributed by atoms with Gasteiger partial charge in [-0.1, -0.05) is 11.8 Å². The van der Waals surface area contributed by atoms with Crippen LogP contribution in [0, 0.1) is 6.92 Å². The molecule has 2 N–H and O–H groups in total. The molecule has 0 aliphatic carbocycles. The first-order chi connectivity index (χ1) is 8.49. The Bertz CT molecular complexity index is 535. The van der Waals surface area contributed by atoms with E-state index in [9.17, 15) is 0 Å². The summed E-state index contributed by atoms with van der Waals surface area (Å²) in [5.74, 6) is 0.910. The quantitative estimate of drug-likeness (QED) is 0.864. The molecule has 2 aromatic heterocycles. The third kappa shape index (κ3) is 2.96. The van der Waals surface area contributed by atoms with Crippen LogP contribution in [0.25, 0.3) is 0 Å². The minimum atomic E-state index is 0.0533. The van der Waals surface area contributed by atoms with Gasteiger partial charge in [0, 0.05) is 18.0 Å². The van der Waals surface area contributed by atoms with Crippen LogP contribution in [-0.2, 0) is 7.05 Å². The normalized spacial score (nSPS) is 14.7. The van der Waals surface area contributed by atoms with Crippen LogP contribution < -0.4 is 5.73 Å². The van der Waals surface area contributed by atoms with E-state index in [1.54, 1.807) is 23.1 Å². The van der Waals surface area contributed by atoms with Crippen molar-refractivity contribution in [3.05, 3.63) is 26.6 Å². The molecule has 0 amide bonds. The number of thioether (sulfide) groups is 1. The van der Waals surface area contributed by atoms with E-state index in [2.05, 4.69) is 38.3 Å². The highest BCUT2D eigenvalue weighted by Gasteiger charge is 2.22. The van der Waals surface area contributed by atoms with Gasteiger partial charge >= 0.3 is 0 Å². The third-order valence-electron chi connectivity index (χ3n) is 2.64. The van der Waals surface area contributed by atoms with Gasteiger partial charge in [0.25, 0.3) is 0 Å². The van der Waals surface area contributed by atoms with Crippen molar-refractivity contribution in [2.45, 2.75) is 30.3 Å². The topological polar surface area (TPSA) is 56.7 Å². The zero-order chi connectivity index (χ0) is 13.3. The third-order valence-corrected chi connectivity index (χ3v) is 6.00. The number of thiophene rings is 1. The molecule has 0 aliphatic heterocycles. The van der Waals surface area contributed by atoms with E-state index in [-0.39, 0.29) is 11.3 Å². The van der Waals surface area contributed by atoms with Gasteiger partial charge in [-0.2, -0.15) is 0 Å². The number of rotatable bonds is 4. The molecule has 2 heterocycles. The Morgan fingerprint density at radius 2 is 2.17 bits per heavy atom. The SMILES string of the molecule is Cc1nnc(SC(c2ccc(Br)s2)C(C)N)n1C. The maximum absolute atomic E-state index is 6.10. The molecule has 2 unspecified atom stereocenters. The molecule has 0 saturated carbocycles. The maximum atomic E-state index is 6.10. The number of aryl methyl sites for hydroxylation is 1. The second-order valence-corrected chi connectivity index (χ2v) is 7.73. The van der Waals surface area contributed by atoms with Crippen molar-refractivity contribution in [1.82, 2.24) is 14.8 Å². The first kappa shape index (κ1) is 14.0. The lowest BCUT2D eigenvalue weighted by Crippen LogP contribution is -2.22. The van der Waals surface area contributed by atoms with Crippen molar-refractivity contribution in [3.8, 4) is 0 Å². The molecule has 0 bridgehead atoms. The van der Waals surface area contributed by atoms with E-state index in [1.165, 1.54) is 4.88 Å². The number of hydrogen-bond acceptors (Lipinski definition) is 5. The molecule has 18 heavy (non-hydrogen) atoms. The van der Waals surface area contributed by atoms with Gasteiger partial charge in [-0.25, -0.2) is 0 Å². The fraction of sp³-hybridized carbons (Fsp3) is 0.455. The molecule has 0 fully saturated rings. The van der Waals surface area contributed by atoms with Gasteiger partial charge in [0.05, 0.1) is 9.04 Å². The molecule has 7 heteroatoms. The van der Waals surface area contributed by atoms with Gasteiger partial charge in [0.2, 0.25) is 0 Å². The number of nitrogens with two attached hydrogens (primary N) is 1. The first-order valence-corrected chi connectivity index (χ1v) is 8.01. The summed E-state index contributed by atoms with van der Waals surface area (Å²) in [5, 5.41) is 9.36. The smallest absolute Gasteiger partial charge is 0.191 e. The van der Waals surface area contributed by atoms with E-state index in [4.69, 9.17) is 5.73 Å². The van der Waals surface area contributed by atoms with Crippen LogP contribution in [0.15, 0.2) is 21.1 Å². The van der Waals surface area contributed by atoms with Crippen molar-refractivity contribution >= 4 is 39.0 Å². The van der Waals surface area contributed by atoms with Gasteiger partial charge in [0.15, 0.2) is 5.16 Å². The lowest BCUT2D eigenvalue weighted by molar-refractivity contribution is 0.713. The Balaban J connectivity index is 2.24. The summed E-state index contributed by atoms with van der Waals surface area (Å²) < 4.78 is 3.11. The molecule has 2 rings (SSSR count). The van der Waals surface area contributed by atoms with Crippen LogP contribution in [0.2, 0.25) is 0 Å². The molecule has 4 nitrogen and oxygen atoms in total. The summed E-state index contributed by atoms with van der Waals surface area (Å²) in [6.45, 7) is 3.97. The zero-order valence-electron chi connectivity index (χ0n) is 10.4. The first-order valence-electron chi connectivity index (χ1n) is 5.52. The molecule has 98 valence electrons. The predicted octanol–water partition coefficient (Wildman–Crippen LogP) is 3.13. The molecule has 0 radical (unpaired) electrons. The highest BCUT2D eigenvalue weighted by atomic mass is 79.9. The Kier molecular flexibility index (Phi) is 4.47. The second-order valence-electron chi connectivity index (χ2n) is 4.13. The highest BCUT2D eigenvalue weighted by molar-refractivity contribution is 9.11.